The Bertz CT molecular complexity index is 534. The van der Waals surface area contributed by atoms with E-state index in [0.717, 1.165) is 19.3 Å². The summed E-state index contributed by atoms with van der Waals surface area (Å²) in [4.78, 5) is 17.5. The minimum Gasteiger partial charge on any atom is -0.303 e. The van der Waals surface area contributed by atoms with Crippen LogP contribution in [0.3, 0.4) is 0 Å². The number of unbranched alkanes of at least 4 members (excludes halogenated alkanes) is 5. The lowest BCUT2D eigenvalue weighted by atomic mass is 9.71. The van der Waals surface area contributed by atoms with E-state index in [4.69, 9.17) is 9.79 Å². The van der Waals surface area contributed by atoms with Gasteiger partial charge in [0.15, 0.2) is 0 Å². The SMILES string of the molecule is CCCCCCCCc1cccc(C2CC(COP(=O)(O)O)C2)c1. The van der Waals surface area contributed by atoms with Gasteiger partial charge in [0.05, 0.1) is 6.61 Å². The van der Waals surface area contributed by atoms with Crippen molar-refractivity contribution in [3.05, 3.63) is 35.4 Å². The van der Waals surface area contributed by atoms with Crippen LogP contribution in [0.4, 0.5) is 0 Å². The van der Waals surface area contributed by atoms with E-state index in [9.17, 15) is 4.57 Å². The van der Waals surface area contributed by atoms with Gasteiger partial charge in [0.2, 0.25) is 0 Å². The van der Waals surface area contributed by atoms with Gasteiger partial charge in [-0.2, -0.15) is 0 Å². The summed E-state index contributed by atoms with van der Waals surface area (Å²) in [6.07, 6.45) is 11.0. The Morgan fingerprint density at radius 3 is 2.54 bits per heavy atom. The van der Waals surface area contributed by atoms with Gasteiger partial charge in [-0.15, -0.1) is 0 Å². The molecule has 0 radical (unpaired) electrons. The summed E-state index contributed by atoms with van der Waals surface area (Å²) in [6.45, 7) is 2.41. The molecule has 1 aliphatic carbocycles. The van der Waals surface area contributed by atoms with Gasteiger partial charge >= 0.3 is 7.82 Å². The second-order valence-corrected chi connectivity index (χ2v) is 8.32. The van der Waals surface area contributed by atoms with Gasteiger partial charge in [0.25, 0.3) is 0 Å². The molecule has 0 unspecified atom stereocenters. The lowest BCUT2D eigenvalue weighted by Gasteiger charge is -2.35. The second kappa shape index (κ2) is 9.72. The van der Waals surface area contributed by atoms with E-state index in [-0.39, 0.29) is 12.5 Å². The molecule has 24 heavy (non-hydrogen) atoms. The first-order valence-corrected chi connectivity index (χ1v) is 10.8. The van der Waals surface area contributed by atoms with Crippen molar-refractivity contribution in [3.8, 4) is 0 Å². The summed E-state index contributed by atoms with van der Waals surface area (Å²) < 4.78 is 15.3. The summed E-state index contributed by atoms with van der Waals surface area (Å²) in [6, 6.07) is 8.84. The standard InChI is InChI=1S/C19H31O4P/c1-2-3-4-5-6-7-9-16-10-8-11-18(12-16)19-13-17(14-19)15-23-24(20,21)22/h8,10-12,17,19H,2-7,9,13-15H2,1H3,(H2,20,21,22). The van der Waals surface area contributed by atoms with Gasteiger partial charge in [-0.1, -0.05) is 63.3 Å². The summed E-state index contributed by atoms with van der Waals surface area (Å²) in [7, 11) is -4.32. The van der Waals surface area contributed by atoms with Gasteiger partial charge in [0, 0.05) is 0 Å². The predicted molar refractivity (Wildman–Crippen MR) is 97.0 cm³/mol. The minimum atomic E-state index is -4.32. The van der Waals surface area contributed by atoms with Crippen LogP contribution in [0.2, 0.25) is 0 Å². The van der Waals surface area contributed by atoms with Crippen LogP contribution >= 0.6 is 7.82 Å². The Labute approximate surface area is 145 Å². The number of benzene rings is 1. The normalized spacial score (nSPS) is 20.8. The predicted octanol–water partition coefficient (Wildman–Crippen LogP) is 5.19. The first kappa shape index (κ1) is 19.7. The van der Waals surface area contributed by atoms with Crippen LogP contribution in [-0.2, 0) is 15.5 Å². The summed E-state index contributed by atoms with van der Waals surface area (Å²) in [5, 5.41) is 0. The maximum atomic E-state index is 10.7. The fourth-order valence-corrected chi connectivity index (χ4v) is 3.86. The third kappa shape index (κ3) is 7.06. The molecule has 0 heterocycles. The molecule has 4 nitrogen and oxygen atoms in total. The summed E-state index contributed by atoms with van der Waals surface area (Å²) >= 11 is 0. The van der Waals surface area contributed by atoms with Crippen molar-refractivity contribution in [1.82, 2.24) is 0 Å². The smallest absolute Gasteiger partial charge is 0.303 e. The van der Waals surface area contributed by atoms with Crippen LogP contribution in [0.1, 0.15) is 75.3 Å². The number of rotatable bonds is 11. The van der Waals surface area contributed by atoms with Crippen molar-refractivity contribution in [2.75, 3.05) is 6.61 Å². The molecule has 1 fully saturated rings. The van der Waals surface area contributed by atoms with Crippen LogP contribution in [0.15, 0.2) is 24.3 Å². The molecule has 0 amide bonds. The highest BCUT2D eigenvalue weighted by Crippen LogP contribution is 2.45. The Morgan fingerprint density at radius 1 is 1.12 bits per heavy atom. The van der Waals surface area contributed by atoms with E-state index < -0.39 is 7.82 Å². The lowest BCUT2D eigenvalue weighted by molar-refractivity contribution is 0.120. The Morgan fingerprint density at radius 2 is 1.83 bits per heavy atom. The quantitative estimate of drug-likeness (QED) is 0.424. The van der Waals surface area contributed by atoms with Crippen molar-refractivity contribution >= 4 is 7.82 Å². The van der Waals surface area contributed by atoms with E-state index in [1.807, 2.05) is 0 Å². The van der Waals surface area contributed by atoms with Crippen LogP contribution in [0.5, 0.6) is 0 Å². The highest BCUT2D eigenvalue weighted by molar-refractivity contribution is 7.46. The molecule has 0 aromatic heterocycles. The van der Waals surface area contributed by atoms with Crippen LogP contribution in [0, 0.1) is 5.92 Å². The van der Waals surface area contributed by atoms with Crippen molar-refractivity contribution in [1.29, 1.82) is 0 Å². The fraction of sp³-hybridized carbons (Fsp3) is 0.684. The molecule has 0 saturated heterocycles. The Balaban J connectivity index is 1.69. The van der Waals surface area contributed by atoms with Crippen molar-refractivity contribution in [2.24, 2.45) is 5.92 Å². The van der Waals surface area contributed by atoms with Gasteiger partial charge < -0.3 is 9.79 Å². The molecule has 1 aromatic rings. The van der Waals surface area contributed by atoms with Crippen molar-refractivity contribution < 1.29 is 18.9 Å². The maximum absolute atomic E-state index is 10.7. The Hall–Kier alpha value is -0.670. The van der Waals surface area contributed by atoms with Gasteiger partial charge in [-0.05, 0) is 48.6 Å². The molecule has 136 valence electrons. The van der Waals surface area contributed by atoms with E-state index in [1.165, 1.54) is 49.7 Å². The zero-order valence-corrected chi connectivity index (χ0v) is 15.6. The third-order valence-corrected chi connectivity index (χ3v) is 5.44. The van der Waals surface area contributed by atoms with Crippen molar-refractivity contribution in [3.63, 3.8) is 0 Å². The molecule has 2 rings (SSSR count). The maximum Gasteiger partial charge on any atom is 0.469 e. The van der Waals surface area contributed by atoms with Crippen molar-refractivity contribution in [2.45, 2.75) is 70.6 Å². The zero-order chi connectivity index (χ0) is 17.4. The molecular formula is C19H31O4P. The summed E-state index contributed by atoms with van der Waals surface area (Å²) in [5.74, 6) is 0.782. The first-order chi connectivity index (χ1) is 11.5. The monoisotopic (exact) mass is 354 g/mol. The summed E-state index contributed by atoms with van der Waals surface area (Å²) in [5.41, 5.74) is 2.78. The number of phosphoric acid groups is 1. The first-order valence-electron chi connectivity index (χ1n) is 9.27. The van der Waals surface area contributed by atoms with Crippen LogP contribution in [0.25, 0.3) is 0 Å². The number of hydrogen-bond donors (Lipinski definition) is 2. The highest BCUT2D eigenvalue weighted by atomic mass is 31.2. The highest BCUT2D eigenvalue weighted by Gasteiger charge is 2.32. The van der Waals surface area contributed by atoms with E-state index in [0.29, 0.717) is 5.92 Å². The molecule has 1 saturated carbocycles. The van der Waals surface area contributed by atoms with Gasteiger partial charge in [0.1, 0.15) is 0 Å². The van der Waals surface area contributed by atoms with E-state index in [2.05, 4.69) is 35.7 Å². The number of hydrogen-bond acceptors (Lipinski definition) is 2. The molecule has 0 aliphatic heterocycles. The molecule has 1 aliphatic rings. The molecule has 2 N–H and O–H groups in total. The van der Waals surface area contributed by atoms with Crippen LogP contribution in [-0.4, -0.2) is 16.4 Å². The van der Waals surface area contributed by atoms with Gasteiger partial charge in [-0.3, -0.25) is 4.52 Å². The topological polar surface area (TPSA) is 66.8 Å². The Kier molecular flexibility index (Phi) is 7.96. The van der Waals surface area contributed by atoms with E-state index >= 15 is 0 Å². The third-order valence-electron chi connectivity index (χ3n) is 4.96. The van der Waals surface area contributed by atoms with E-state index in [1.54, 1.807) is 0 Å². The molecule has 5 heteroatoms. The largest absolute Gasteiger partial charge is 0.469 e. The second-order valence-electron chi connectivity index (χ2n) is 7.08. The minimum absolute atomic E-state index is 0.165. The molecule has 1 aromatic carbocycles. The molecule has 0 atom stereocenters. The average molecular weight is 354 g/mol. The fourth-order valence-electron chi connectivity index (χ4n) is 3.46. The number of aryl methyl sites for hydroxylation is 1. The van der Waals surface area contributed by atoms with Gasteiger partial charge in [-0.25, -0.2) is 4.57 Å². The zero-order valence-electron chi connectivity index (χ0n) is 14.7. The molecule has 0 spiro atoms. The number of phosphoric ester groups is 1. The van der Waals surface area contributed by atoms with Crippen LogP contribution < -0.4 is 0 Å². The molecular weight excluding hydrogens is 323 g/mol. The molecule has 0 bridgehead atoms. The lowest BCUT2D eigenvalue weighted by Crippen LogP contribution is -2.25. The average Bonchev–Trinajstić information content (AvgIpc) is 2.48.